The number of hydrogen-bond donors (Lipinski definition) is 0. The molecule has 10 heteroatoms. The summed E-state index contributed by atoms with van der Waals surface area (Å²) in [6.45, 7) is 3.50. The summed E-state index contributed by atoms with van der Waals surface area (Å²) < 4.78 is 34.9. The molecule has 2 bridgehead atoms. The predicted molar refractivity (Wildman–Crippen MR) is 127 cm³/mol. The minimum absolute atomic E-state index is 0.00182. The summed E-state index contributed by atoms with van der Waals surface area (Å²) in [6, 6.07) is 8.67. The second kappa shape index (κ2) is 10.3. The number of rotatable bonds is 7. The van der Waals surface area contributed by atoms with Crippen molar-refractivity contribution in [3.8, 4) is 0 Å². The second-order valence-electron chi connectivity index (χ2n) is 8.41. The van der Waals surface area contributed by atoms with Crippen LogP contribution in [0.2, 0.25) is 10.0 Å². The first-order valence-corrected chi connectivity index (χ1v) is 13.3. The number of fused-ring (bicyclic) bond motifs is 2. The first-order valence-electron chi connectivity index (χ1n) is 11.1. The molecule has 0 saturated carbocycles. The van der Waals surface area contributed by atoms with E-state index in [4.69, 9.17) is 27.9 Å². The highest BCUT2D eigenvalue weighted by Crippen LogP contribution is 2.38. The molecule has 178 valence electrons. The van der Waals surface area contributed by atoms with Crippen molar-refractivity contribution in [2.45, 2.75) is 49.7 Å². The van der Waals surface area contributed by atoms with Crippen LogP contribution in [-0.4, -0.2) is 60.4 Å². The van der Waals surface area contributed by atoms with Crippen LogP contribution < -0.4 is 0 Å². The number of benzene rings is 1. The van der Waals surface area contributed by atoms with Gasteiger partial charge in [0.15, 0.2) is 0 Å². The number of amides is 1. The maximum Gasteiger partial charge on any atom is 0.244 e. The topological polar surface area (TPSA) is 79.8 Å². The third-order valence-corrected chi connectivity index (χ3v) is 8.58. The Morgan fingerprint density at radius 1 is 1.15 bits per heavy atom. The normalized spacial score (nSPS) is 24.0. The average Bonchev–Trinajstić information content (AvgIpc) is 2.85. The van der Waals surface area contributed by atoms with E-state index in [1.165, 1.54) is 22.5 Å². The Labute approximate surface area is 204 Å². The van der Waals surface area contributed by atoms with Crippen molar-refractivity contribution in [1.82, 2.24) is 14.2 Å². The molecule has 2 saturated heterocycles. The molecule has 2 aliphatic heterocycles. The molecule has 3 heterocycles. The fourth-order valence-electron chi connectivity index (χ4n) is 4.79. The van der Waals surface area contributed by atoms with Gasteiger partial charge >= 0.3 is 0 Å². The molecule has 0 N–H and O–H groups in total. The number of pyridine rings is 1. The van der Waals surface area contributed by atoms with Gasteiger partial charge in [-0.2, -0.15) is 4.31 Å². The highest BCUT2D eigenvalue weighted by atomic mass is 35.5. The molecular formula is C23H27Cl2N3O4S. The molecule has 2 aromatic rings. The van der Waals surface area contributed by atoms with Gasteiger partial charge < -0.3 is 9.64 Å². The van der Waals surface area contributed by atoms with Gasteiger partial charge in [-0.25, -0.2) is 8.42 Å². The molecule has 7 nitrogen and oxygen atoms in total. The summed E-state index contributed by atoms with van der Waals surface area (Å²) in [5.74, 6) is -0.381. The van der Waals surface area contributed by atoms with Crippen molar-refractivity contribution in [3.05, 3.63) is 58.3 Å². The SMILES string of the molecule is CCOC[C@H]1CN(Cc2ccccn2)C(=O)[C@@H]2CCC[C@H]1N2S(=O)(=O)c1cc(Cl)cc(Cl)c1. The zero-order valence-electron chi connectivity index (χ0n) is 18.4. The number of ether oxygens (including phenoxy) is 1. The Morgan fingerprint density at radius 3 is 2.58 bits per heavy atom. The van der Waals surface area contributed by atoms with Crippen LogP contribution in [0, 0.1) is 5.92 Å². The number of hydrogen-bond acceptors (Lipinski definition) is 5. The van der Waals surface area contributed by atoms with E-state index in [2.05, 4.69) is 4.98 Å². The van der Waals surface area contributed by atoms with Crippen LogP contribution in [0.15, 0.2) is 47.5 Å². The van der Waals surface area contributed by atoms with Crippen molar-refractivity contribution in [3.63, 3.8) is 0 Å². The van der Waals surface area contributed by atoms with Gasteiger partial charge in [-0.05, 0) is 56.5 Å². The Bertz CT molecular complexity index is 1080. The maximum absolute atomic E-state index is 13.9. The summed E-state index contributed by atoms with van der Waals surface area (Å²) in [5, 5.41) is 0.463. The molecule has 3 atom stereocenters. The predicted octanol–water partition coefficient (Wildman–Crippen LogP) is 4.00. The van der Waals surface area contributed by atoms with Gasteiger partial charge in [0, 0.05) is 41.4 Å². The van der Waals surface area contributed by atoms with Crippen LogP contribution in [0.5, 0.6) is 0 Å². The van der Waals surface area contributed by atoms with Gasteiger partial charge in [-0.1, -0.05) is 29.3 Å². The lowest BCUT2D eigenvalue weighted by molar-refractivity contribution is -0.135. The van der Waals surface area contributed by atoms with Crippen molar-refractivity contribution in [2.24, 2.45) is 5.92 Å². The first-order chi connectivity index (χ1) is 15.8. The molecule has 0 unspecified atom stereocenters. The quantitative estimate of drug-likeness (QED) is 0.561. The van der Waals surface area contributed by atoms with Crippen molar-refractivity contribution < 1.29 is 17.9 Å². The minimum Gasteiger partial charge on any atom is -0.381 e. The number of aromatic nitrogens is 1. The Hall–Kier alpha value is -1.71. The Kier molecular flexibility index (Phi) is 7.60. The second-order valence-corrected chi connectivity index (χ2v) is 11.1. The summed E-state index contributed by atoms with van der Waals surface area (Å²) in [7, 11) is -4.03. The molecule has 0 radical (unpaired) electrons. The van der Waals surface area contributed by atoms with E-state index < -0.39 is 16.1 Å². The van der Waals surface area contributed by atoms with Crippen LogP contribution >= 0.6 is 23.2 Å². The van der Waals surface area contributed by atoms with E-state index in [9.17, 15) is 13.2 Å². The molecule has 33 heavy (non-hydrogen) atoms. The van der Waals surface area contributed by atoms with Crippen LogP contribution in [0.1, 0.15) is 31.9 Å². The standard InChI is InChI=1S/C23H27Cl2N3O4S/c1-2-32-15-16-13-27(14-19-6-3-4-9-26-19)23(29)22-8-5-7-21(16)28(22)33(30,31)20-11-17(24)10-18(25)12-20/h3-4,6,9-12,16,21-22H,2,5,7-8,13-15H2,1H3/t16-,21-,22+/m1/s1. The lowest BCUT2D eigenvalue weighted by Gasteiger charge is -2.40. The van der Waals surface area contributed by atoms with Gasteiger partial charge in [0.1, 0.15) is 6.04 Å². The summed E-state index contributed by atoms with van der Waals surface area (Å²) in [4.78, 5) is 19.8. The van der Waals surface area contributed by atoms with E-state index in [0.717, 1.165) is 12.1 Å². The van der Waals surface area contributed by atoms with Crippen molar-refractivity contribution in [1.29, 1.82) is 0 Å². The Morgan fingerprint density at radius 2 is 1.91 bits per heavy atom. The molecular weight excluding hydrogens is 485 g/mol. The average molecular weight is 512 g/mol. The van der Waals surface area contributed by atoms with E-state index in [-0.39, 0.29) is 32.8 Å². The number of sulfonamides is 1. The van der Waals surface area contributed by atoms with E-state index in [0.29, 0.717) is 39.1 Å². The molecule has 1 aromatic carbocycles. The lowest BCUT2D eigenvalue weighted by atomic mass is 9.91. The largest absolute Gasteiger partial charge is 0.381 e. The first kappa shape index (κ1) is 24.4. The molecule has 1 aromatic heterocycles. The van der Waals surface area contributed by atoms with Crippen LogP contribution in [0.25, 0.3) is 0 Å². The molecule has 0 spiro atoms. The fraction of sp³-hybridized carbons (Fsp3) is 0.478. The van der Waals surface area contributed by atoms with Crippen LogP contribution in [0.4, 0.5) is 0 Å². The van der Waals surface area contributed by atoms with E-state index in [1.54, 1.807) is 11.1 Å². The smallest absolute Gasteiger partial charge is 0.244 e. The monoisotopic (exact) mass is 511 g/mol. The number of carbonyl (C=O) groups excluding carboxylic acids is 1. The number of nitrogens with zero attached hydrogens (tertiary/aromatic N) is 3. The van der Waals surface area contributed by atoms with Crippen molar-refractivity contribution in [2.75, 3.05) is 19.8 Å². The van der Waals surface area contributed by atoms with Crippen LogP contribution in [0.3, 0.4) is 0 Å². The highest BCUT2D eigenvalue weighted by Gasteiger charge is 2.50. The molecule has 2 aliphatic rings. The van der Waals surface area contributed by atoms with Crippen LogP contribution in [-0.2, 0) is 26.1 Å². The number of piperidine rings is 1. The fourth-order valence-corrected chi connectivity index (χ4v) is 7.41. The third kappa shape index (κ3) is 5.20. The molecule has 1 amide bonds. The zero-order valence-corrected chi connectivity index (χ0v) is 20.7. The van der Waals surface area contributed by atoms with Crippen molar-refractivity contribution >= 4 is 39.1 Å². The maximum atomic E-state index is 13.9. The molecule has 0 aliphatic carbocycles. The number of halogens is 2. The summed E-state index contributed by atoms with van der Waals surface area (Å²) in [6.07, 6.45) is 3.58. The molecule has 4 rings (SSSR count). The Balaban J connectivity index is 1.76. The van der Waals surface area contributed by atoms with Gasteiger partial charge in [0.2, 0.25) is 15.9 Å². The minimum atomic E-state index is -4.03. The zero-order chi connectivity index (χ0) is 23.6. The summed E-state index contributed by atoms with van der Waals surface area (Å²) in [5.41, 5.74) is 0.758. The van der Waals surface area contributed by atoms with Gasteiger partial charge in [0.25, 0.3) is 0 Å². The highest BCUT2D eigenvalue weighted by molar-refractivity contribution is 7.89. The third-order valence-electron chi connectivity index (χ3n) is 6.23. The van der Waals surface area contributed by atoms with E-state index in [1.807, 2.05) is 25.1 Å². The van der Waals surface area contributed by atoms with Gasteiger partial charge in [-0.3, -0.25) is 9.78 Å². The summed E-state index contributed by atoms with van der Waals surface area (Å²) >= 11 is 12.2. The van der Waals surface area contributed by atoms with Gasteiger partial charge in [0.05, 0.1) is 23.7 Å². The number of carbonyl (C=O) groups is 1. The molecule has 2 fully saturated rings. The van der Waals surface area contributed by atoms with Gasteiger partial charge in [-0.15, -0.1) is 0 Å². The lowest BCUT2D eigenvalue weighted by Crippen LogP contribution is -2.55. The van der Waals surface area contributed by atoms with E-state index >= 15 is 0 Å².